The van der Waals surface area contributed by atoms with Crippen LogP contribution in [0.5, 0.6) is 0 Å². The number of hydrogen-bond acceptors (Lipinski definition) is 2. The van der Waals surface area contributed by atoms with Gasteiger partial charge in [0.2, 0.25) is 0 Å². The summed E-state index contributed by atoms with van der Waals surface area (Å²) in [6, 6.07) is 0. The average molecular weight is 445 g/mol. The minimum atomic E-state index is -0.575. The molecule has 0 spiro atoms. The molecule has 1 unspecified atom stereocenters. The van der Waals surface area contributed by atoms with E-state index in [1.54, 1.807) is 5.57 Å². The average Bonchev–Trinajstić information content (AvgIpc) is 3.04. The molecule has 184 valence electrons. The highest BCUT2D eigenvalue weighted by Crippen LogP contribution is 2.66. The molecule has 0 amide bonds. The molecule has 0 aromatic carbocycles. The highest BCUT2D eigenvalue weighted by Gasteiger charge is 2.58. The first-order valence-corrected chi connectivity index (χ1v) is 13.9. The first kappa shape index (κ1) is 24.8. The summed E-state index contributed by atoms with van der Waals surface area (Å²) in [7, 11) is 0. The molecule has 0 bridgehead atoms. The van der Waals surface area contributed by atoms with Gasteiger partial charge in [-0.05, 0) is 110 Å². The van der Waals surface area contributed by atoms with Crippen LogP contribution in [0.1, 0.15) is 119 Å². The van der Waals surface area contributed by atoms with Gasteiger partial charge in [-0.15, -0.1) is 0 Å². The molecule has 4 aliphatic carbocycles. The van der Waals surface area contributed by atoms with Crippen LogP contribution < -0.4 is 0 Å². The van der Waals surface area contributed by atoms with Crippen LogP contribution in [-0.2, 0) is 0 Å². The zero-order valence-electron chi connectivity index (χ0n) is 22.2. The van der Waals surface area contributed by atoms with E-state index in [1.165, 1.54) is 44.9 Å². The predicted molar refractivity (Wildman–Crippen MR) is 134 cm³/mol. The van der Waals surface area contributed by atoms with Crippen LogP contribution in [0.2, 0.25) is 0 Å². The van der Waals surface area contributed by atoms with Gasteiger partial charge in [0.05, 0.1) is 11.7 Å². The fourth-order valence-electron chi connectivity index (χ4n) is 9.37. The molecule has 2 heteroatoms. The van der Waals surface area contributed by atoms with Crippen molar-refractivity contribution in [1.82, 2.24) is 0 Å². The summed E-state index contributed by atoms with van der Waals surface area (Å²) >= 11 is 0. The Morgan fingerprint density at radius 2 is 1.75 bits per heavy atom. The summed E-state index contributed by atoms with van der Waals surface area (Å²) in [4.78, 5) is 0. The molecule has 0 saturated heterocycles. The van der Waals surface area contributed by atoms with Crippen LogP contribution in [-0.4, -0.2) is 21.9 Å². The fraction of sp³-hybridized carbons (Fsp3) is 0.933. The third-order valence-electron chi connectivity index (χ3n) is 11.6. The molecule has 8 atom stereocenters. The highest BCUT2D eigenvalue weighted by atomic mass is 16.3. The van der Waals surface area contributed by atoms with Crippen molar-refractivity contribution in [3.05, 3.63) is 11.6 Å². The summed E-state index contributed by atoms with van der Waals surface area (Å²) < 4.78 is 0. The summed E-state index contributed by atoms with van der Waals surface area (Å²) in [5.41, 5.74) is 1.78. The van der Waals surface area contributed by atoms with E-state index in [0.29, 0.717) is 16.7 Å². The van der Waals surface area contributed by atoms with Gasteiger partial charge in [-0.1, -0.05) is 66.5 Å². The first-order chi connectivity index (χ1) is 14.8. The van der Waals surface area contributed by atoms with E-state index in [2.05, 4.69) is 54.5 Å². The van der Waals surface area contributed by atoms with Crippen molar-refractivity contribution in [2.45, 2.75) is 131 Å². The second-order valence-electron chi connectivity index (χ2n) is 14.2. The smallest absolute Gasteiger partial charge is 0.0718 e. The van der Waals surface area contributed by atoms with Crippen molar-refractivity contribution >= 4 is 0 Å². The monoisotopic (exact) mass is 444 g/mol. The number of aliphatic hydroxyl groups excluding tert-OH is 1. The number of rotatable bonds is 5. The van der Waals surface area contributed by atoms with Crippen LogP contribution in [0.3, 0.4) is 0 Å². The maximum absolute atomic E-state index is 11.5. The molecule has 3 saturated carbocycles. The molecule has 0 heterocycles. The van der Waals surface area contributed by atoms with Crippen molar-refractivity contribution in [2.75, 3.05) is 0 Å². The summed E-state index contributed by atoms with van der Waals surface area (Å²) in [5, 5.41) is 21.7. The molecule has 4 rings (SSSR count). The Bertz CT molecular complexity index is 717. The van der Waals surface area contributed by atoms with E-state index < -0.39 is 5.60 Å². The Balaban J connectivity index is 1.44. The third kappa shape index (κ3) is 3.84. The molecular weight excluding hydrogens is 392 g/mol. The second-order valence-corrected chi connectivity index (χ2v) is 14.2. The molecule has 2 N–H and O–H groups in total. The minimum absolute atomic E-state index is 0.0729. The molecule has 0 aromatic heterocycles. The highest BCUT2D eigenvalue weighted by molar-refractivity contribution is 5.25. The molecule has 32 heavy (non-hydrogen) atoms. The number of allylic oxidation sites excluding steroid dienone is 1. The van der Waals surface area contributed by atoms with Gasteiger partial charge in [0.25, 0.3) is 0 Å². The van der Waals surface area contributed by atoms with Gasteiger partial charge in [0.1, 0.15) is 0 Å². The van der Waals surface area contributed by atoms with Gasteiger partial charge < -0.3 is 10.2 Å². The molecule has 0 aliphatic heterocycles. The van der Waals surface area contributed by atoms with Crippen LogP contribution in [0.4, 0.5) is 0 Å². The molecule has 4 aliphatic rings. The van der Waals surface area contributed by atoms with E-state index in [1.807, 2.05) is 0 Å². The number of aliphatic hydroxyl groups is 2. The Hall–Kier alpha value is -0.340. The van der Waals surface area contributed by atoms with Gasteiger partial charge in [0, 0.05) is 0 Å². The van der Waals surface area contributed by atoms with Crippen molar-refractivity contribution in [3.63, 3.8) is 0 Å². The van der Waals surface area contributed by atoms with Gasteiger partial charge in [-0.25, -0.2) is 0 Å². The lowest BCUT2D eigenvalue weighted by Gasteiger charge is -2.58. The predicted octanol–water partition coefficient (Wildman–Crippen LogP) is 7.53. The van der Waals surface area contributed by atoms with E-state index in [4.69, 9.17) is 0 Å². The quantitative estimate of drug-likeness (QED) is 0.430. The Morgan fingerprint density at radius 1 is 1.03 bits per heavy atom. The largest absolute Gasteiger partial charge is 0.393 e. The third-order valence-corrected chi connectivity index (χ3v) is 11.6. The topological polar surface area (TPSA) is 40.5 Å². The maximum atomic E-state index is 11.5. The van der Waals surface area contributed by atoms with Crippen molar-refractivity contribution in [2.24, 2.45) is 45.8 Å². The minimum Gasteiger partial charge on any atom is -0.393 e. The molecule has 3 fully saturated rings. The van der Waals surface area contributed by atoms with Gasteiger partial charge in [-0.3, -0.25) is 0 Å². The summed E-state index contributed by atoms with van der Waals surface area (Å²) in [5.74, 6) is 3.68. The van der Waals surface area contributed by atoms with E-state index in [-0.39, 0.29) is 11.5 Å². The maximum Gasteiger partial charge on any atom is 0.0718 e. The van der Waals surface area contributed by atoms with Gasteiger partial charge in [0.15, 0.2) is 0 Å². The lowest BCUT2D eigenvalue weighted by molar-refractivity contribution is -0.104. The molecular formula is C30H52O2. The molecule has 0 radical (unpaired) electrons. The van der Waals surface area contributed by atoms with Crippen LogP contribution in [0, 0.1) is 45.8 Å². The van der Waals surface area contributed by atoms with E-state index in [9.17, 15) is 10.2 Å². The lowest BCUT2D eigenvalue weighted by atomic mass is 9.47. The lowest BCUT2D eigenvalue weighted by Crippen LogP contribution is -2.50. The zero-order chi connectivity index (χ0) is 23.5. The molecule has 0 aromatic rings. The van der Waals surface area contributed by atoms with Crippen molar-refractivity contribution in [3.8, 4) is 0 Å². The van der Waals surface area contributed by atoms with Gasteiger partial charge >= 0.3 is 0 Å². The Morgan fingerprint density at radius 3 is 2.41 bits per heavy atom. The first-order valence-electron chi connectivity index (χ1n) is 13.9. The van der Waals surface area contributed by atoms with E-state index in [0.717, 1.165) is 49.4 Å². The summed E-state index contributed by atoms with van der Waals surface area (Å²) in [6.45, 7) is 16.2. The fourth-order valence-corrected chi connectivity index (χ4v) is 9.37. The van der Waals surface area contributed by atoms with E-state index >= 15 is 0 Å². The molecule has 2 nitrogen and oxygen atoms in total. The summed E-state index contributed by atoms with van der Waals surface area (Å²) in [6.07, 6.45) is 15.8. The Kier molecular flexibility index (Phi) is 6.50. The van der Waals surface area contributed by atoms with Crippen molar-refractivity contribution < 1.29 is 10.2 Å². The van der Waals surface area contributed by atoms with Gasteiger partial charge in [-0.2, -0.15) is 0 Å². The van der Waals surface area contributed by atoms with Crippen LogP contribution in [0.15, 0.2) is 11.6 Å². The normalized spacial score (nSPS) is 43.8. The Labute approximate surface area is 198 Å². The van der Waals surface area contributed by atoms with Crippen LogP contribution >= 0.6 is 0 Å². The van der Waals surface area contributed by atoms with Crippen molar-refractivity contribution in [1.29, 1.82) is 0 Å². The standard InChI is InChI=1S/C30H52O2/c1-20(2)30(32,27(3,4)5)16-8-9-21-11-13-25-24-12-10-22-19-23(31)14-17-29(22,7)26(24)15-18-28(21,25)6/h10,20-21,23-26,31-32H,8-9,11-19H2,1-7H3/t21-,23-,24-,25-,26-,28+,29-,30?/m0/s1. The number of hydrogen-bond donors (Lipinski definition) is 2. The second kappa shape index (κ2) is 8.40. The SMILES string of the molecule is CC(C)C(O)(CCC[C@H]1CC[C@H]2[C@@H]3CC=C4C[C@@H](O)CC[C@]4(C)[C@H]3CC[C@]12C)C(C)(C)C. The van der Waals surface area contributed by atoms with Crippen LogP contribution in [0.25, 0.3) is 0 Å². The zero-order valence-corrected chi connectivity index (χ0v) is 22.2. The number of fused-ring (bicyclic) bond motifs is 5.